The van der Waals surface area contributed by atoms with Crippen LogP contribution in [0.15, 0.2) is 38.6 Å². The zero-order chi connectivity index (χ0) is 19.3. The Morgan fingerprint density at radius 1 is 1.15 bits per heavy atom. The van der Waals surface area contributed by atoms with Gasteiger partial charge in [-0.05, 0) is 37.6 Å². The third kappa shape index (κ3) is 4.44. The van der Waals surface area contributed by atoms with E-state index in [0.29, 0.717) is 56.9 Å². The van der Waals surface area contributed by atoms with Gasteiger partial charge in [-0.25, -0.2) is 8.42 Å². The zero-order valence-corrected chi connectivity index (χ0v) is 16.6. The number of benzene rings is 1. The first-order valence-corrected chi connectivity index (χ1v) is 10.8. The van der Waals surface area contributed by atoms with Gasteiger partial charge in [-0.1, -0.05) is 13.3 Å². The summed E-state index contributed by atoms with van der Waals surface area (Å²) in [5, 5.41) is -0.0142. The molecule has 1 fully saturated rings. The number of rotatable bonds is 8. The molecule has 0 spiro atoms. The molecule has 27 heavy (non-hydrogen) atoms. The number of hydrogen-bond donors (Lipinski definition) is 0. The highest BCUT2D eigenvalue weighted by atomic mass is 32.2. The van der Waals surface area contributed by atoms with Crippen molar-refractivity contribution < 1.29 is 22.3 Å². The highest BCUT2D eigenvalue weighted by molar-refractivity contribution is 7.91. The summed E-state index contributed by atoms with van der Waals surface area (Å²) < 4.78 is 43.1. The first-order valence-electron chi connectivity index (χ1n) is 9.36. The van der Waals surface area contributed by atoms with Gasteiger partial charge in [0.15, 0.2) is 5.89 Å². The number of oxazole rings is 1. The Labute approximate surface area is 160 Å². The van der Waals surface area contributed by atoms with Crippen LogP contribution in [0.4, 0.5) is 5.88 Å². The quantitative estimate of drug-likeness (QED) is 0.680. The largest absolute Gasteiger partial charge is 0.494 e. The molecule has 1 aromatic carbocycles. The van der Waals surface area contributed by atoms with E-state index in [2.05, 4.69) is 11.9 Å². The Morgan fingerprint density at radius 2 is 1.85 bits per heavy atom. The predicted octanol–water partition coefficient (Wildman–Crippen LogP) is 3.09. The monoisotopic (exact) mass is 394 g/mol. The molecule has 0 radical (unpaired) electrons. The van der Waals surface area contributed by atoms with Crippen LogP contribution in [0.5, 0.6) is 5.75 Å². The molecule has 0 unspecified atom stereocenters. The van der Waals surface area contributed by atoms with Gasteiger partial charge < -0.3 is 18.8 Å². The fourth-order valence-electron chi connectivity index (χ4n) is 2.91. The smallest absolute Gasteiger partial charge is 0.236 e. The summed E-state index contributed by atoms with van der Waals surface area (Å²) in [6.45, 7) is 6.71. The van der Waals surface area contributed by atoms with Gasteiger partial charge in [0.1, 0.15) is 5.75 Å². The maximum Gasteiger partial charge on any atom is 0.236 e. The van der Waals surface area contributed by atoms with Gasteiger partial charge in [-0.15, -0.1) is 0 Å². The molecule has 0 bridgehead atoms. The second-order valence-corrected chi connectivity index (χ2v) is 8.19. The number of sulfone groups is 1. The van der Waals surface area contributed by atoms with Crippen LogP contribution in [-0.2, 0) is 21.0 Å². The first kappa shape index (κ1) is 19.7. The van der Waals surface area contributed by atoms with E-state index in [1.54, 1.807) is 24.3 Å². The van der Waals surface area contributed by atoms with E-state index >= 15 is 0 Å². The molecule has 7 nitrogen and oxygen atoms in total. The molecule has 1 aliphatic rings. The number of anilines is 1. The average Bonchev–Trinajstić information content (AvgIpc) is 3.13. The zero-order valence-electron chi connectivity index (χ0n) is 15.8. The topological polar surface area (TPSA) is 81.9 Å². The van der Waals surface area contributed by atoms with Crippen LogP contribution in [0.3, 0.4) is 0 Å². The van der Waals surface area contributed by atoms with Gasteiger partial charge in [0, 0.05) is 19.5 Å². The molecular weight excluding hydrogens is 368 g/mol. The van der Waals surface area contributed by atoms with Crippen molar-refractivity contribution in [3.63, 3.8) is 0 Å². The lowest BCUT2D eigenvalue weighted by atomic mass is 10.2. The minimum absolute atomic E-state index is 0.0142. The maximum absolute atomic E-state index is 13.2. The molecule has 148 valence electrons. The number of ether oxygens (including phenoxy) is 2. The van der Waals surface area contributed by atoms with Gasteiger partial charge in [0.25, 0.3) is 0 Å². The number of aromatic nitrogens is 1. The number of unbranched alkanes of at least 4 members (excludes halogenated alkanes) is 1. The van der Waals surface area contributed by atoms with E-state index < -0.39 is 9.84 Å². The summed E-state index contributed by atoms with van der Waals surface area (Å²) in [7, 11) is -3.80. The molecule has 2 heterocycles. The van der Waals surface area contributed by atoms with Crippen LogP contribution >= 0.6 is 0 Å². The van der Waals surface area contributed by atoms with Crippen LogP contribution in [-0.4, -0.2) is 46.3 Å². The Balaban J connectivity index is 1.97. The molecule has 0 amide bonds. The molecular formula is C19H26N2O5S. The lowest BCUT2D eigenvalue weighted by Gasteiger charge is -2.26. The highest BCUT2D eigenvalue weighted by Gasteiger charge is 2.31. The minimum Gasteiger partial charge on any atom is -0.494 e. The number of nitrogens with zero attached hydrogens (tertiary/aromatic N) is 2. The molecule has 0 saturated carbocycles. The number of aryl methyl sites for hydroxylation is 1. The van der Waals surface area contributed by atoms with Crippen molar-refractivity contribution in [2.24, 2.45) is 0 Å². The van der Waals surface area contributed by atoms with Crippen molar-refractivity contribution in [2.75, 3.05) is 37.8 Å². The van der Waals surface area contributed by atoms with Crippen LogP contribution in [0.25, 0.3) is 0 Å². The van der Waals surface area contributed by atoms with Gasteiger partial charge >= 0.3 is 0 Å². The third-order valence-corrected chi connectivity index (χ3v) is 6.03. The molecule has 1 aromatic heterocycles. The van der Waals surface area contributed by atoms with E-state index in [9.17, 15) is 8.42 Å². The first-order chi connectivity index (χ1) is 13.1. The third-order valence-electron chi connectivity index (χ3n) is 4.37. The van der Waals surface area contributed by atoms with Crippen LogP contribution in [0.1, 0.15) is 32.6 Å². The van der Waals surface area contributed by atoms with E-state index in [0.717, 1.165) is 12.8 Å². The Bertz CT molecular complexity index is 839. The van der Waals surface area contributed by atoms with Crippen LogP contribution in [0, 0.1) is 0 Å². The van der Waals surface area contributed by atoms with Crippen LogP contribution in [0.2, 0.25) is 0 Å². The summed E-state index contributed by atoms with van der Waals surface area (Å²) >= 11 is 0. The molecule has 1 saturated heterocycles. The van der Waals surface area contributed by atoms with Crippen molar-refractivity contribution in [1.29, 1.82) is 0 Å². The second-order valence-electron chi connectivity index (χ2n) is 6.33. The Morgan fingerprint density at radius 3 is 2.48 bits per heavy atom. The van der Waals surface area contributed by atoms with Gasteiger partial charge in [-0.3, -0.25) is 0 Å². The average molecular weight is 394 g/mol. The summed E-state index contributed by atoms with van der Waals surface area (Å²) in [6.07, 6.45) is 2.49. The summed E-state index contributed by atoms with van der Waals surface area (Å²) in [6, 6.07) is 6.40. The number of morpholine rings is 1. The summed E-state index contributed by atoms with van der Waals surface area (Å²) in [4.78, 5) is 6.43. The van der Waals surface area contributed by atoms with Crippen molar-refractivity contribution in [1.82, 2.24) is 4.98 Å². The SMILES string of the molecule is CCCCc1nc(S(=O)(=O)c2ccc(OCC)cc2)c(N2CCOCC2)o1. The van der Waals surface area contributed by atoms with E-state index in [1.807, 2.05) is 11.8 Å². The fraction of sp³-hybridized carbons (Fsp3) is 0.526. The standard InChI is InChI=1S/C19H26N2O5S/c1-3-5-6-17-20-18(19(26-17)21-11-13-24-14-12-21)27(22,23)16-9-7-15(8-10-16)25-4-2/h7-10H,3-6,11-14H2,1-2H3. The predicted molar refractivity (Wildman–Crippen MR) is 101 cm³/mol. The summed E-state index contributed by atoms with van der Waals surface area (Å²) in [5.74, 6) is 1.41. The van der Waals surface area contributed by atoms with Crippen LogP contribution < -0.4 is 9.64 Å². The molecule has 8 heteroatoms. The van der Waals surface area contributed by atoms with Crippen molar-refractivity contribution in [3.8, 4) is 5.75 Å². The maximum atomic E-state index is 13.2. The normalized spacial score (nSPS) is 15.1. The molecule has 3 rings (SSSR count). The molecule has 0 N–H and O–H groups in total. The molecule has 0 atom stereocenters. The molecule has 2 aromatic rings. The number of hydrogen-bond acceptors (Lipinski definition) is 7. The molecule has 1 aliphatic heterocycles. The van der Waals surface area contributed by atoms with Crippen molar-refractivity contribution in [2.45, 2.75) is 43.0 Å². The lowest BCUT2D eigenvalue weighted by molar-refractivity contribution is 0.120. The van der Waals surface area contributed by atoms with Gasteiger partial charge in [-0.2, -0.15) is 4.98 Å². The van der Waals surface area contributed by atoms with Gasteiger partial charge in [0.2, 0.25) is 20.7 Å². The lowest BCUT2D eigenvalue weighted by Crippen LogP contribution is -2.36. The summed E-state index contributed by atoms with van der Waals surface area (Å²) in [5.41, 5.74) is 0. The minimum atomic E-state index is -3.80. The fourth-order valence-corrected chi connectivity index (χ4v) is 4.25. The molecule has 0 aliphatic carbocycles. The van der Waals surface area contributed by atoms with Gasteiger partial charge in [0.05, 0.1) is 24.7 Å². The van der Waals surface area contributed by atoms with E-state index in [4.69, 9.17) is 13.9 Å². The van der Waals surface area contributed by atoms with Crippen molar-refractivity contribution in [3.05, 3.63) is 30.2 Å². The second kappa shape index (κ2) is 8.75. The van der Waals surface area contributed by atoms with E-state index in [-0.39, 0.29) is 9.92 Å². The Kier molecular flexibility index (Phi) is 6.38. The Hall–Kier alpha value is -2.06. The van der Waals surface area contributed by atoms with E-state index in [1.165, 1.54) is 0 Å². The highest BCUT2D eigenvalue weighted by Crippen LogP contribution is 2.32. The van der Waals surface area contributed by atoms with Crippen molar-refractivity contribution >= 4 is 15.7 Å².